The van der Waals surface area contributed by atoms with Crippen molar-refractivity contribution in [3.8, 4) is 0 Å². The molecule has 1 unspecified atom stereocenters. The molecule has 1 aliphatic heterocycles. The minimum atomic E-state index is 0.363. The quantitative estimate of drug-likeness (QED) is 0.726. The van der Waals surface area contributed by atoms with Gasteiger partial charge in [-0.2, -0.15) is 0 Å². The summed E-state index contributed by atoms with van der Waals surface area (Å²) in [5.41, 5.74) is 0. The first-order valence-corrected chi connectivity index (χ1v) is 6.66. The van der Waals surface area contributed by atoms with Crippen LogP contribution in [0.3, 0.4) is 0 Å². The molecule has 0 radical (unpaired) electrons. The van der Waals surface area contributed by atoms with Gasteiger partial charge < -0.3 is 14.8 Å². The molecule has 0 saturated carbocycles. The molecule has 96 valence electrons. The lowest BCUT2D eigenvalue weighted by atomic mass is 10.1. The molecule has 1 fully saturated rings. The lowest BCUT2D eigenvalue weighted by Crippen LogP contribution is -2.35. The zero-order valence-electron chi connectivity index (χ0n) is 11.0. The Balaban J connectivity index is 2.14. The average Bonchev–Trinajstić information content (AvgIpc) is 2.28. The molecule has 0 spiro atoms. The van der Waals surface area contributed by atoms with Crippen LogP contribution in [0.4, 0.5) is 0 Å². The highest BCUT2D eigenvalue weighted by atomic mass is 16.5. The fourth-order valence-corrected chi connectivity index (χ4v) is 1.91. The zero-order valence-corrected chi connectivity index (χ0v) is 11.0. The Bertz CT molecular complexity index is 167. The molecule has 3 heteroatoms. The van der Waals surface area contributed by atoms with Crippen LogP contribution in [0.25, 0.3) is 0 Å². The van der Waals surface area contributed by atoms with Crippen molar-refractivity contribution in [1.82, 2.24) is 5.32 Å². The zero-order chi connectivity index (χ0) is 11.8. The molecule has 16 heavy (non-hydrogen) atoms. The van der Waals surface area contributed by atoms with Crippen LogP contribution in [-0.4, -0.2) is 38.5 Å². The Hall–Kier alpha value is -0.120. The maximum Gasteiger partial charge on any atom is 0.0700 e. The molecule has 0 aromatic carbocycles. The van der Waals surface area contributed by atoms with Crippen LogP contribution in [0.15, 0.2) is 0 Å². The van der Waals surface area contributed by atoms with Crippen LogP contribution in [0.5, 0.6) is 0 Å². The van der Waals surface area contributed by atoms with E-state index in [2.05, 4.69) is 26.1 Å². The number of nitrogens with one attached hydrogen (secondary N) is 1. The Kier molecular flexibility index (Phi) is 7.01. The summed E-state index contributed by atoms with van der Waals surface area (Å²) < 4.78 is 11.4. The van der Waals surface area contributed by atoms with Gasteiger partial charge in [0, 0.05) is 19.8 Å². The Morgan fingerprint density at radius 1 is 1.25 bits per heavy atom. The Labute approximate surface area is 99.9 Å². The first-order valence-electron chi connectivity index (χ1n) is 6.66. The van der Waals surface area contributed by atoms with Crippen molar-refractivity contribution in [3.63, 3.8) is 0 Å². The summed E-state index contributed by atoms with van der Waals surface area (Å²) in [6.07, 6.45) is 3.98. The highest BCUT2D eigenvalue weighted by Crippen LogP contribution is 2.14. The van der Waals surface area contributed by atoms with E-state index in [-0.39, 0.29) is 0 Å². The van der Waals surface area contributed by atoms with Crippen molar-refractivity contribution in [2.75, 3.05) is 26.3 Å². The van der Waals surface area contributed by atoms with Gasteiger partial charge in [-0.25, -0.2) is 0 Å². The summed E-state index contributed by atoms with van der Waals surface area (Å²) in [4.78, 5) is 0. The van der Waals surface area contributed by atoms with E-state index >= 15 is 0 Å². The van der Waals surface area contributed by atoms with E-state index in [0.717, 1.165) is 45.6 Å². The molecule has 1 saturated heterocycles. The van der Waals surface area contributed by atoms with E-state index in [1.54, 1.807) is 0 Å². The maximum atomic E-state index is 6.08. The second-order valence-electron chi connectivity index (χ2n) is 5.03. The molecular formula is C13H27NO2. The maximum absolute atomic E-state index is 6.08. The Morgan fingerprint density at radius 3 is 2.50 bits per heavy atom. The number of rotatable bonds is 7. The highest BCUT2D eigenvalue weighted by Gasteiger charge is 2.18. The Morgan fingerprint density at radius 2 is 1.94 bits per heavy atom. The first kappa shape index (κ1) is 13.9. The topological polar surface area (TPSA) is 30.5 Å². The van der Waals surface area contributed by atoms with Crippen LogP contribution >= 0.6 is 0 Å². The van der Waals surface area contributed by atoms with Gasteiger partial charge in [0.25, 0.3) is 0 Å². The third-order valence-electron chi connectivity index (χ3n) is 2.93. The molecular weight excluding hydrogens is 202 g/mol. The van der Waals surface area contributed by atoms with Crippen LogP contribution in [0, 0.1) is 5.92 Å². The summed E-state index contributed by atoms with van der Waals surface area (Å²) >= 11 is 0. The standard InChI is InChI=1S/C13H27NO2/c1-4-12(10-14-9-11(2)3)16-13-5-7-15-8-6-13/h11-14H,4-10H2,1-3H3. The predicted octanol–water partition coefficient (Wildman–Crippen LogP) is 2.21. The summed E-state index contributed by atoms with van der Waals surface area (Å²) in [6, 6.07) is 0. The molecule has 1 N–H and O–H groups in total. The van der Waals surface area contributed by atoms with Gasteiger partial charge in [0.2, 0.25) is 0 Å². The first-order chi connectivity index (χ1) is 7.72. The molecule has 0 aromatic rings. The average molecular weight is 229 g/mol. The lowest BCUT2D eigenvalue weighted by Gasteiger charge is -2.27. The van der Waals surface area contributed by atoms with Gasteiger partial charge in [-0.1, -0.05) is 20.8 Å². The number of ether oxygens (including phenoxy) is 2. The van der Waals surface area contributed by atoms with Gasteiger partial charge in [-0.15, -0.1) is 0 Å². The van der Waals surface area contributed by atoms with E-state index in [0.29, 0.717) is 18.1 Å². The van der Waals surface area contributed by atoms with Gasteiger partial charge in [-0.05, 0) is 31.7 Å². The van der Waals surface area contributed by atoms with E-state index in [9.17, 15) is 0 Å². The summed E-state index contributed by atoms with van der Waals surface area (Å²) in [6.45, 7) is 10.4. The minimum Gasteiger partial charge on any atom is -0.381 e. The molecule has 0 aliphatic carbocycles. The van der Waals surface area contributed by atoms with Crippen molar-refractivity contribution in [1.29, 1.82) is 0 Å². The second-order valence-corrected chi connectivity index (χ2v) is 5.03. The molecule has 0 amide bonds. The molecule has 0 aromatic heterocycles. The lowest BCUT2D eigenvalue weighted by molar-refractivity contribution is -0.0681. The molecule has 1 rings (SSSR count). The summed E-state index contributed by atoms with van der Waals surface area (Å²) in [5.74, 6) is 0.709. The van der Waals surface area contributed by atoms with E-state index in [1.165, 1.54) is 0 Å². The van der Waals surface area contributed by atoms with E-state index in [4.69, 9.17) is 9.47 Å². The number of hydrogen-bond donors (Lipinski definition) is 1. The van der Waals surface area contributed by atoms with E-state index in [1.807, 2.05) is 0 Å². The van der Waals surface area contributed by atoms with Crippen LogP contribution in [0.2, 0.25) is 0 Å². The SMILES string of the molecule is CCC(CNCC(C)C)OC1CCOCC1. The van der Waals surface area contributed by atoms with Crippen LogP contribution < -0.4 is 5.32 Å². The fraction of sp³-hybridized carbons (Fsp3) is 1.00. The third-order valence-corrected chi connectivity index (χ3v) is 2.93. The van der Waals surface area contributed by atoms with Gasteiger partial charge in [0.1, 0.15) is 0 Å². The van der Waals surface area contributed by atoms with Gasteiger partial charge >= 0.3 is 0 Å². The van der Waals surface area contributed by atoms with Crippen molar-refractivity contribution >= 4 is 0 Å². The largest absolute Gasteiger partial charge is 0.381 e. The predicted molar refractivity (Wildman–Crippen MR) is 66.7 cm³/mol. The number of hydrogen-bond acceptors (Lipinski definition) is 3. The van der Waals surface area contributed by atoms with Crippen LogP contribution in [-0.2, 0) is 9.47 Å². The van der Waals surface area contributed by atoms with Gasteiger partial charge in [0.05, 0.1) is 12.2 Å². The summed E-state index contributed by atoms with van der Waals surface area (Å²) in [5, 5.41) is 3.47. The second kappa shape index (κ2) is 8.04. The third kappa shape index (κ3) is 5.83. The molecule has 1 heterocycles. The minimum absolute atomic E-state index is 0.363. The normalized spacial score (nSPS) is 20.2. The van der Waals surface area contributed by atoms with Crippen molar-refractivity contribution in [2.45, 2.75) is 52.2 Å². The van der Waals surface area contributed by atoms with Crippen molar-refractivity contribution in [3.05, 3.63) is 0 Å². The molecule has 3 nitrogen and oxygen atoms in total. The molecule has 1 aliphatic rings. The van der Waals surface area contributed by atoms with Crippen LogP contribution in [0.1, 0.15) is 40.0 Å². The van der Waals surface area contributed by atoms with Gasteiger partial charge in [-0.3, -0.25) is 0 Å². The smallest absolute Gasteiger partial charge is 0.0700 e. The van der Waals surface area contributed by atoms with E-state index < -0.39 is 0 Å². The van der Waals surface area contributed by atoms with Crippen molar-refractivity contribution in [2.24, 2.45) is 5.92 Å². The molecule has 1 atom stereocenters. The fourth-order valence-electron chi connectivity index (χ4n) is 1.91. The van der Waals surface area contributed by atoms with Gasteiger partial charge in [0.15, 0.2) is 0 Å². The monoisotopic (exact) mass is 229 g/mol. The highest BCUT2D eigenvalue weighted by molar-refractivity contribution is 4.68. The summed E-state index contributed by atoms with van der Waals surface area (Å²) in [7, 11) is 0. The van der Waals surface area contributed by atoms with Crippen molar-refractivity contribution < 1.29 is 9.47 Å². The molecule has 0 bridgehead atoms.